The molecule has 20 heavy (non-hydrogen) atoms. The van der Waals surface area contributed by atoms with Crippen molar-refractivity contribution in [1.29, 1.82) is 10.8 Å². The molecule has 0 unspecified atom stereocenters. The second-order valence-corrected chi connectivity index (χ2v) is 5.45. The third-order valence-corrected chi connectivity index (χ3v) is 4.45. The molecule has 3 heterocycles. The maximum absolute atomic E-state index is 10.4. The van der Waals surface area contributed by atoms with Crippen molar-refractivity contribution in [3.05, 3.63) is 0 Å². The van der Waals surface area contributed by atoms with E-state index in [1.54, 1.807) is 6.92 Å². The van der Waals surface area contributed by atoms with Crippen LogP contribution in [0.25, 0.3) is 0 Å². The largest absolute Gasteiger partial charge is 0.394 e. The first-order chi connectivity index (χ1) is 9.27. The summed E-state index contributed by atoms with van der Waals surface area (Å²) in [5.74, 6) is -2.90. The minimum atomic E-state index is -2.59. The highest BCUT2D eigenvalue weighted by Crippen LogP contribution is 2.45. The van der Waals surface area contributed by atoms with E-state index in [0.717, 1.165) is 0 Å². The van der Waals surface area contributed by atoms with Crippen molar-refractivity contribution < 1.29 is 20.4 Å². The van der Waals surface area contributed by atoms with Crippen LogP contribution in [0.1, 0.15) is 6.92 Å². The normalized spacial score (nSPS) is 45.4. The van der Waals surface area contributed by atoms with Crippen LogP contribution in [0.2, 0.25) is 0 Å². The molecule has 10 heteroatoms. The molecule has 0 aromatic rings. The maximum atomic E-state index is 10.4. The molecule has 5 atom stereocenters. The maximum Gasteiger partial charge on any atom is 0.237 e. The highest BCUT2D eigenvalue weighted by Gasteiger charge is 2.76. The zero-order valence-corrected chi connectivity index (χ0v) is 10.8. The van der Waals surface area contributed by atoms with Gasteiger partial charge in [0.2, 0.25) is 5.79 Å². The van der Waals surface area contributed by atoms with Gasteiger partial charge in [-0.25, -0.2) is 0 Å². The number of nitrogens with zero attached hydrogens (tertiary/aromatic N) is 1. The second-order valence-electron chi connectivity index (χ2n) is 5.45. The Morgan fingerprint density at radius 2 is 1.95 bits per heavy atom. The summed E-state index contributed by atoms with van der Waals surface area (Å²) in [6.45, 7) is 1.18. The van der Waals surface area contributed by atoms with Gasteiger partial charge in [-0.05, 0) is 6.92 Å². The van der Waals surface area contributed by atoms with Crippen LogP contribution in [0.3, 0.4) is 0 Å². The monoisotopic (exact) mass is 286 g/mol. The molecule has 9 N–H and O–H groups in total. The Hall–Kier alpha value is -1.62. The van der Waals surface area contributed by atoms with Crippen LogP contribution in [-0.2, 0) is 0 Å². The van der Waals surface area contributed by atoms with Gasteiger partial charge in [0, 0.05) is 0 Å². The molecule has 0 saturated carbocycles. The molecule has 0 radical (unpaired) electrons. The summed E-state index contributed by atoms with van der Waals surface area (Å²) in [7, 11) is 0. The Balaban J connectivity index is 2.19. The molecule has 3 aliphatic rings. The summed E-state index contributed by atoms with van der Waals surface area (Å²) >= 11 is 0. The van der Waals surface area contributed by atoms with E-state index in [0.29, 0.717) is 0 Å². The first-order valence-electron chi connectivity index (χ1n) is 6.28. The van der Waals surface area contributed by atoms with Crippen molar-refractivity contribution in [2.75, 3.05) is 6.61 Å². The zero-order chi connectivity index (χ0) is 14.9. The van der Waals surface area contributed by atoms with Gasteiger partial charge in [0.1, 0.15) is 6.10 Å². The van der Waals surface area contributed by atoms with Gasteiger partial charge >= 0.3 is 0 Å². The minimum absolute atomic E-state index is 0.152. The molecule has 112 valence electrons. The van der Waals surface area contributed by atoms with E-state index in [-0.39, 0.29) is 18.5 Å². The number of hydrogen-bond donors (Lipinski definition) is 9. The highest BCUT2D eigenvalue weighted by molar-refractivity contribution is 5.87. The molecule has 3 fully saturated rings. The smallest absolute Gasteiger partial charge is 0.237 e. The number of guanidine groups is 2. The van der Waals surface area contributed by atoms with Crippen LogP contribution in [0, 0.1) is 10.8 Å². The number of hydrogen-bond acceptors (Lipinski definition) is 6. The van der Waals surface area contributed by atoms with Crippen LogP contribution < -0.4 is 16.0 Å². The lowest BCUT2D eigenvalue weighted by Gasteiger charge is -2.51. The van der Waals surface area contributed by atoms with Crippen molar-refractivity contribution >= 4 is 11.9 Å². The molecule has 3 aliphatic heterocycles. The fraction of sp³-hybridized carbons (Fsp3) is 0.800. The summed E-state index contributed by atoms with van der Waals surface area (Å²) in [6, 6.07) is -2.26. The number of aliphatic hydroxyl groups is 4. The second kappa shape index (κ2) is 3.73. The molecule has 10 nitrogen and oxygen atoms in total. The standard InChI is InChI=1S/C10H18N6O4/c1-3-6(18)10(19,20)9-5(14-7(11)15-9)4(2-17)13-8(12)16(3)9/h3-6,17-20H,2H2,1H3,(H2,12,13)(H3,11,14,15)/t3-,4-,5-,6-,9-/m0/s1. The molecular weight excluding hydrogens is 268 g/mol. The third-order valence-electron chi connectivity index (χ3n) is 4.45. The first kappa shape index (κ1) is 13.4. The molecule has 0 aromatic heterocycles. The Kier molecular flexibility index (Phi) is 2.49. The number of rotatable bonds is 1. The first-order valence-corrected chi connectivity index (χ1v) is 6.28. The average molecular weight is 286 g/mol. The van der Waals surface area contributed by atoms with Gasteiger partial charge < -0.3 is 41.3 Å². The van der Waals surface area contributed by atoms with E-state index in [4.69, 9.17) is 10.8 Å². The SMILES string of the molecule is C[C@H]1[C@H](O)C(O)(O)[C@]23NC(=N)N[C@H]2[C@H](CO)NC(=N)N13. The van der Waals surface area contributed by atoms with Gasteiger partial charge in [0.15, 0.2) is 17.6 Å². The Morgan fingerprint density at radius 1 is 1.30 bits per heavy atom. The van der Waals surface area contributed by atoms with Crippen LogP contribution in [0.5, 0.6) is 0 Å². The van der Waals surface area contributed by atoms with E-state index in [9.17, 15) is 20.4 Å². The van der Waals surface area contributed by atoms with Crippen molar-refractivity contribution in [3.63, 3.8) is 0 Å². The lowest BCUT2D eigenvalue weighted by atomic mass is 9.85. The molecule has 3 rings (SSSR count). The van der Waals surface area contributed by atoms with Crippen molar-refractivity contribution in [1.82, 2.24) is 20.9 Å². The van der Waals surface area contributed by atoms with Gasteiger partial charge in [0.05, 0.1) is 24.7 Å². The highest BCUT2D eigenvalue weighted by atomic mass is 16.5. The Labute approximate surface area is 114 Å². The van der Waals surface area contributed by atoms with Crippen molar-refractivity contribution in [2.45, 2.75) is 42.6 Å². The van der Waals surface area contributed by atoms with Crippen LogP contribution >= 0.6 is 0 Å². The van der Waals surface area contributed by atoms with Crippen molar-refractivity contribution in [2.24, 2.45) is 0 Å². The lowest BCUT2D eigenvalue weighted by Crippen LogP contribution is -2.81. The Morgan fingerprint density at radius 3 is 2.55 bits per heavy atom. The van der Waals surface area contributed by atoms with E-state index in [2.05, 4.69) is 16.0 Å². The number of nitrogens with one attached hydrogen (secondary N) is 5. The fourth-order valence-corrected chi connectivity index (χ4v) is 3.55. The summed E-state index contributed by atoms with van der Waals surface area (Å²) in [6.07, 6.45) is -1.54. The molecule has 0 aliphatic carbocycles. The average Bonchev–Trinajstić information content (AvgIpc) is 2.80. The predicted molar refractivity (Wildman–Crippen MR) is 66.7 cm³/mol. The third kappa shape index (κ3) is 1.22. The van der Waals surface area contributed by atoms with Gasteiger partial charge in [-0.1, -0.05) is 0 Å². The van der Waals surface area contributed by atoms with Crippen LogP contribution in [0.15, 0.2) is 0 Å². The molecule has 3 saturated heterocycles. The van der Waals surface area contributed by atoms with Gasteiger partial charge in [-0.2, -0.15) is 0 Å². The zero-order valence-electron chi connectivity index (χ0n) is 10.8. The van der Waals surface area contributed by atoms with E-state index >= 15 is 0 Å². The quantitative estimate of drug-likeness (QED) is 0.219. The Bertz CT molecular complexity index is 484. The predicted octanol–water partition coefficient (Wildman–Crippen LogP) is -4.18. The van der Waals surface area contributed by atoms with E-state index < -0.39 is 35.7 Å². The molecule has 1 spiro atoms. The molecule has 0 amide bonds. The van der Waals surface area contributed by atoms with E-state index in [1.807, 2.05) is 0 Å². The molecular formula is C10H18N6O4. The molecule has 0 aromatic carbocycles. The number of aliphatic hydroxyl groups excluding tert-OH is 2. The summed E-state index contributed by atoms with van der Waals surface area (Å²) < 4.78 is 0. The minimum Gasteiger partial charge on any atom is -0.394 e. The summed E-state index contributed by atoms with van der Waals surface area (Å²) in [4.78, 5) is 1.29. The topological polar surface area (TPSA) is 168 Å². The van der Waals surface area contributed by atoms with Gasteiger partial charge in [-0.3, -0.25) is 10.8 Å². The van der Waals surface area contributed by atoms with Gasteiger partial charge in [0.25, 0.3) is 0 Å². The van der Waals surface area contributed by atoms with E-state index in [1.165, 1.54) is 4.90 Å². The van der Waals surface area contributed by atoms with Crippen LogP contribution in [-0.4, -0.2) is 79.5 Å². The molecule has 0 bridgehead atoms. The van der Waals surface area contributed by atoms with Crippen LogP contribution in [0.4, 0.5) is 0 Å². The fourth-order valence-electron chi connectivity index (χ4n) is 3.55. The summed E-state index contributed by atoms with van der Waals surface area (Å²) in [5.41, 5.74) is -1.68. The lowest BCUT2D eigenvalue weighted by molar-refractivity contribution is -0.259. The van der Waals surface area contributed by atoms with Gasteiger partial charge in [-0.15, -0.1) is 0 Å². The van der Waals surface area contributed by atoms with Crippen molar-refractivity contribution in [3.8, 4) is 0 Å². The summed E-state index contributed by atoms with van der Waals surface area (Å²) in [5, 5.41) is 64.1.